The highest BCUT2D eigenvalue weighted by Gasteiger charge is 2.20. The first kappa shape index (κ1) is 8.48. The molecule has 1 heterocycles. The molecule has 4 nitrogen and oxygen atoms in total. The second-order valence-corrected chi connectivity index (χ2v) is 4.34. The van der Waals surface area contributed by atoms with Crippen LogP contribution in [-0.4, -0.2) is 18.2 Å². The summed E-state index contributed by atoms with van der Waals surface area (Å²) >= 11 is 0. The van der Waals surface area contributed by atoms with E-state index in [2.05, 4.69) is 5.10 Å². The molecule has 0 fully saturated rings. The average Bonchev–Trinajstić information content (AvgIpc) is 2.08. The van der Waals surface area contributed by atoms with Crippen molar-refractivity contribution in [3.63, 3.8) is 0 Å². The van der Waals surface area contributed by atoms with Crippen LogP contribution in [0.2, 0.25) is 0 Å². The first-order valence-corrected chi connectivity index (χ1v) is 4.86. The number of hydrogen-bond acceptors (Lipinski definition) is 3. The van der Waals surface area contributed by atoms with E-state index in [-0.39, 0.29) is 0 Å². The maximum atomic E-state index is 12.6. The van der Waals surface area contributed by atoms with Crippen LogP contribution in [0.1, 0.15) is 0 Å². The van der Waals surface area contributed by atoms with E-state index in [1.807, 2.05) is 0 Å². The summed E-state index contributed by atoms with van der Waals surface area (Å²) in [5.41, 5.74) is 0. The van der Waals surface area contributed by atoms with E-state index >= 15 is 0 Å². The van der Waals surface area contributed by atoms with Crippen molar-refractivity contribution in [2.24, 2.45) is 7.05 Å². The van der Waals surface area contributed by atoms with Gasteiger partial charge in [0.2, 0.25) is 5.03 Å². The molecule has 0 N–H and O–H groups in total. The summed E-state index contributed by atoms with van der Waals surface area (Å²) in [6, 6.07) is 0. The van der Waals surface area contributed by atoms with E-state index in [1.54, 1.807) is 0 Å². The van der Waals surface area contributed by atoms with E-state index in [4.69, 9.17) is 10.7 Å². The van der Waals surface area contributed by atoms with Crippen LogP contribution in [0.15, 0.2) is 11.2 Å². The quantitative estimate of drug-likeness (QED) is 0.617. The third kappa shape index (κ3) is 1.51. The standard InChI is InChI=1S/C4H4ClFN2O2S/c1-8-4(11(5,9)10)3(6)2-7-8/h2H,1H3. The molecular formula is C4H4ClFN2O2S. The minimum absolute atomic E-state index is 0.612. The molecule has 0 atom stereocenters. The van der Waals surface area contributed by atoms with Crippen molar-refractivity contribution >= 4 is 19.7 Å². The molecule has 0 aromatic carbocycles. The minimum atomic E-state index is -4.02. The van der Waals surface area contributed by atoms with Crippen molar-refractivity contribution in [3.05, 3.63) is 12.0 Å². The molecule has 0 amide bonds. The van der Waals surface area contributed by atoms with Gasteiger partial charge in [-0.3, -0.25) is 4.68 Å². The molecule has 0 aliphatic heterocycles. The lowest BCUT2D eigenvalue weighted by Gasteiger charge is -1.94. The molecule has 0 bridgehead atoms. The lowest BCUT2D eigenvalue weighted by molar-refractivity contribution is 0.548. The monoisotopic (exact) mass is 198 g/mol. The zero-order valence-electron chi connectivity index (χ0n) is 5.45. The average molecular weight is 199 g/mol. The van der Waals surface area contributed by atoms with Crippen LogP contribution < -0.4 is 0 Å². The predicted molar refractivity (Wildman–Crippen MR) is 36.2 cm³/mol. The molecular weight excluding hydrogens is 195 g/mol. The summed E-state index contributed by atoms with van der Waals surface area (Å²) in [5, 5.41) is 2.75. The van der Waals surface area contributed by atoms with Crippen molar-refractivity contribution < 1.29 is 12.8 Å². The summed E-state index contributed by atoms with van der Waals surface area (Å²) in [6.07, 6.45) is 0.787. The van der Waals surface area contributed by atoms with Gasteiger partial charge in [-0.25, -0.2) is 12.8 Å². The van der Waals surface area contributed by atoms with Gasteiger partial charge in [0.1, 0.15) is 0 Å². The van der Waals surface area contributed by atoms with Crippen molar-refractivity contribution in [1.29, 1.82) is 0 Å². The Morgan fingerprint density at radius 3 is 2.45 bits per heavy atom. The second kappa shape index (κ2) is 2.46. The van der Waals surface area contributed by atoms with Gasteiger partial charge in [-0.15, -0.1) is 0 Å². The van der Waals surface area contributed by atoms with Gasteiger partial charge in [-0.05, 0) is 0 Å². The largest absolute Gasteiger partial charge is 0.281 e. The smallest absolute Gasteiger partial charge is 0.254 e. The fourth-order valence-corrected chi connectivity index (χ4v) is 1.84. The van der Waals surface area contributed by atoms with Crippen LogP contribution >= 0.6 is 10.7 Å². The van der Waals surface area contributed by atoms with Gasteiger partial charge < -0.3 is 0 Å². The van der Waals surface area contributed by atoms with E-state index in [0.29, 0.717) is 0 Å². The molecule has 0 aliphatic rings. The summed E-state index contributed by atoms with van der Waals surface area (Å²) in [7, 11) is 2.15. The SMILES string of the molecule is Cn1ncc(F)c1S(=O)(=O)Cl. The minimum Gasteiger partial charge on any atom is -0.254 e. The third-order valence-corrected chi connectivity index (χ3v) is 2.43. The summed E-state index contributed by atoms with van der Waals surface area (Å²) < 4.78 is 34.6. The van der Waals surface area contributed by atoms with Gasteiger partial charge in [-0.2, -0.15) is 5.10 Å². The molecule has 0 radical (unpaired) electrons. The Balaban J connectivity index is 3.45. The van der Waals surface area contributed by atoms with Gasteiger partial charge in [0.05, 0.1) is 6.20 Å². The number of rotatable bonds is 1. The molecule has 0 unspecified atom stereocenters. The van der Waals surface area contributed by atoms with Crippen molar-refractivity contribution in [2.45, 2.75) is 5.03 Å². The fourth-order valence-electron chi connectivity index (χ4n) is 0.674. The van der Waals surface area contributed by atoms with Crippen LogP contribution in [0, 0.1) is 5.82 Å². The Bertz CT molecular complexity index is 352. The highest BCUT2D eigenvalue weighted by Crippen LogP contribution is 2.16. The molecule has 7 heteroatoms. The van der Waals surface area contributed by atoms with Crippen LogP contribution in [0.5, 0.6) is 0 Å². The lowest BCUT2D eigenvalue weighted by Crippen LogP contribution is -2.02. The molecule has 11 heavy (non-hydrogen) atoms. The summed E-state index contributed by atoms with van der Waals surface area (Å²) in [6.45, 7) is 0. The molecule has 0 spiro atoms. The van der Waals surface area contributed by atoms with Crippen molar-refractivity contribution in [2.75, 3.05) is 0 Å². The van der Waals surface area contributed by atoms with Gasteiger partial charge in [0, 0.05) is 17.7 Å². The van der Waals surface area contributed by atoms with Crippen LogP contribution in [0.25, 0.3) is 0 Å². The number of aryl methyl sites for hydroxylation is 1. The van der Waals surface area contributed by atoms with Crippen LogP contribution in [0.3, 0.4) is 0 Å². The first-order chi connectivity index (χ1) is 4.93. The molecule has 0 saturated heterocycles. The zero-order valence-corrected chi connectivity index (χ0v) is 7.02. The fraction of sp³-hybridized carbons (Fsp3) is 0.250. The Hall–Kier alpha value is -0.620. The maximum Gasteiger partial charge on any atom is 0.281 e. The van der Waals surface area contributed by atoms with Crippen LogP contribution in [0.4, 0.5) is 4.39 Å². The second-order valence-electron chi connectivity index (χ2n) is 1.86. The third-order valence-electron chi connectivity index (χ3n) is 1.07. The molecule has 1 aromatic rings. The Morgan fingerprint density at radius 2 is 2.27 bits per heavy atom. The van der Waals surface area contributed by atoms with E-state index in [1.165, 1.54) is 7.05 Å². The highest BCUT2D eigenvalue weighted by atomic mass is 35.7. The molecule has 0 aliphatic carbocycles. The normalized spacial score (nSPS) is 11.9. The van der Waals surface area contributed by atoms with Gasteiger partial charge in [0.15, 0.2) is 5.82 Å². The van der Waals surface area contributed by atoms with E-state index in [0.717, 1.165) is 10.9 Å². The molecule has 1 aromatic heterocycles. The molecule has 0 saturated carbocycles. The van der Waals surface area contributed by atoms with Crippen molar-refractivity contribution in [3.8, 4) is 0 Å². The van der Waals surface area contributed by atoms with E-state index < -0.39 is 19.9 Å². The topological polar surface area (TPSA) is 52.0 Å². The Labute approximate surface area is 67.0 Å². The lowest BCUT2D eigenvalue weighted by atomic mass is 10.7. The molecule has 1 rings (SSSR count). The van der Waals surface area contributed by atoms with Gasteiger partial charge >= 0.3 is 0 Å². The summed E-state index contributed by atoms with van der Waals surface area (Å²) in [4.78, 5) is 0. The first-order valence-electron chi connectivity index (χ1n) is 2.55. The Kier molecular flexibility index (Phi) is 1.89. The maximum absolute atomic E-state index is 12.6. The number of halogens is 2. The summed E-state index contributed by atoms with van der Waals surface area (Å²) in [5.74, 6) is -0.942. The van der Waals surface area contributed by atoms with Gasteiger partial charge in [-0.1, -0.05) is 0 Å². The van der Waals surface area contributed by atoms with Crippen LogP contribution in [-0.2, 0) is 16.1 Å². The molecule has 62 valence electrons. The van der Waals surface area contributed by atoms with E-state index in [9.17, 15) is 12.8 Å². The number of aromatic nitrogens is 2. The highest BCUT2D eigenvalue weighted by molar-refractivity contribution is 8.13. The number of nitrogens with zero attached hydrogens (tertiary/aromatic N) is 2. The number of hydrogen-bond donors (Lipinski definition) is 0. The Morgan fingerprint density at radius 1 is 1.73 bits per heavy atom. The predicted octanol–water partition coefficient (Wildman–Crippen LogP) is 0.487. The van der Waals surface area contributed by atoms with Gasteiger partial charge in [0.25, 0.3) is 9.05 Å². The zero-order chi connectivity index (χ0) is 8.65. The van der Waals surface area contributed by atoms with Crippen molar-refractivity contribution in [1.82, 2.24) is 9.78 Å².